The fourth-order valence-electron chi connectivity index (χ4n) is 2.89. The summed E-state index contributed by atoms with van der Waals surface area (Å²) in [6, 6.07) is 0. The molecule has 3 nitrogen and oxygen atoms in total. The first-order valence-corrected chi connectivity index (χ1v) is 7.16. The molecule has 1 aromatic rings. The third kappa shape index (κ3) is 3.53. The van der Waals surface area contributed by atoms with Gasteiger partial charge in [-0.1, -0.05) is 20.8 Å². The summed E-state index contributed by atoms with van der Waals surface area (Å²) < 4.78 is 7.02. The minimum atomic E-state index is 0.289. The molecule has 94 valence electrons. The van der Waals surface area contributed by atoms with Gasteiger partial charge in [0.15, 0.2) is 0 Å². The number of rotatable bonds is 2. The van der Waals surface area contributed by atoms with E-state index >= 15 is 0 Å². The van der Waals surface area contributed by atoms with Crippen LogP contribution in [0.4, 0.5) is 0 Å². The van der Waals surface area contributed by atoms with Gasteiger partial charge in [-0.2, -0.15) is 0 Å². The first-order chi connectivity index (χ1) is 7.96. The summed E-state index contributed by atoms with van der Waals surface area (Å²) in [4.78, 5) is 8.19. The smallest absolute Gasteiger partial charge is 0.230 e. The average molecular weight is 346 g/mol. The minimum absolute atomic E-state index is 0.289. The Kier molecular flexibility index (Phi) is 3.90. The van der Waals surface area contributed by atoms with Crippen molar-refractivity contribution in [3.8, 4) is 5.88 Å². The standard InChI is InChI=1S/C13H19IN2O/c1-9-4-10(6-13(2,3)5-9)17-12-11(14)7-15-8-16-12/h7-10H,4-6H2,1-3H3. The highest BCUT2D eigenvalue weighted by atomic mass is 127. The van der Waals surface area contributed by atoms with E-state index in [0.717, 1.165) is 28.2 Å². The Bertz CT molecular complexity index is 395. The van der Waals surface area contributed by atoms with Crippen LogP contribution in [0.1, 0.15) is 40.0 Å². The van der Waals surface area contributed by atoms with Crippen molar-refractivity contribution in [1.29, 1.82) is 0 Å². The van der Waals surface area contributed by atoms with Gasteiger partial charge in [-0.15, -0.1) is 0 Å². The third-order valence-corrected chi connectivity index (χ3v) is 4.00. The van der Waals surface area contributed by atoms with Crippen LogP contribution in [-0.4, -0.2) is 16.1 Å². The molecule has 4 heteroatoms. The maximum atomic E-state index is 6.03. The first-order valence-electron chi connectivity index (χ1n) is 6.08. The molecule has 0 saturated heterocycles. The molecule has 1 aliphatic carbocycles. The van der Waals surface area contributed by atoms with Crippen LogP contribution in [0.3, 0.4) is 0 Å². The maximum absolute atomic E-state index is 6.03. The first kappa shape index (κ1) is 13.1. The molecular weight excluding hydrogens is 327 g/mol. The van der Waals surface area contributed by atoms with Gasteiger partial charge in [-0.05, 0) is 53.2 Å². The topological polar surface area (TPSA) is 35.0 Å². The van der Waals surface area contributed by atoms with Crippen LogP contribution in [0.5, 0.6) is 5.88 Å². The van der Waals surface area contributed by atoms with Gasteiger partial charge in [-0.3, -0.25) is 0 Å². The molecule has 0 aliphatic heterocycles. The number of aromatic nitrogens is 2. The van der Waals surface area contributed by atoms with Gasteiger partial charge in [-0.25, -0.2) is 9.97 Å². The number of nitrogens with zero attached hydrogens (tertiary/aromatic N) is 2. The Labute approximate surface area is 117 Å². The molecule has 0 bridgehead atoms. The van der Waals surface area contributed by atoms with Crippen molar-refractivity contribution < 1.29 is 4.74 Å². The summed E-state index contributed by atoms with van der Waals surface area (Å²) >= 11 is 2.22. The highest BCUT2D eigenvalue weighted by molar-refractivity contribution is 14.1. The minimum Gasteiger partial charge on any atom is -0.473 e. The Hall–Kier alpha value is -0.390. The summed E-state index contributed by atoms with van der Waals surface area (Å²) in [7, 11) is 0. The van der Waals surface area contributed by atoms with Crippen molar-refractivity contribution in [2.45, 2.75) is 46.1 Å². The molecule has 2 rings (SSSR count). The van der Waals surface area contributed by atoms with Crippen LogP contribution < -0.4 is 4.74 Å². The van der Waals surface area contributed by atoms with E-state index in [1.807, 2.05) is 0 Å². The summed E-state index contributed by atoms with van der Waals surface area (Å²) in [5.74, 6) is 1.46. The molecule has 0 N–H and O–H groups in total. The molecule has 0 amide bonds. The summed E-state index contributed by atoms with van der Waals surface area (Å²) in [5, 5.41) is 0. The summed E-state index contributed by atoms with van der Waals surface area (Å²) in [6.07, 6.45) is 7.15. The molecule has 1 saturated carbocycles. The van der Waals surface area contributed by atoms with E-state index in [-0.39, 0.29) is 6.10 Å². The molecule has 0 aromatic carbocycles. The zero-order chi connectivity index (χ0) is 12.5. The van der Waals surface area contributed by atoms with E-state index in [0.29, 0.717) is 5.41 Å². The Morgan fingerprint density at radius 1 is 1.41 bits per heavy atom. The summed E-state index contributed by atoms with van der Waals surface area (Å²) in [5.41, 5.74) is 0.376. The second-order valence-electron chi connectivity index (χ2n) is 5.83. The Morgan fingerprint density at radius 2 is 2.18 bits per heavy atom. The lowest BCUT2D eigenvalue weighted by molar-refractivity contribution is 0.0525. The van der Waals surface area contributed by atoms with Crippen LogP contribution >= 0.6 is 22.6 Å². The van der Waals surface area contributed by atoms with Crippen LogP contribution in [0, 0.1) is 14.9 Å². The van der Waals surface area contributed by atoms with E-state index in [9.17, 15) is 0 Å². The second kappa shape index (κ2) is 5.08. The predicted octanol–water partition coefficient (Wildman–Crippen LogP) is 3.67. The van der Waals surface area contributed by atoms with E-state index in [4.69, 9.17) is 4.74 Å². The number of halogens is 1. The van der Waals surface area contributed by atoms with Gasteiger partial charge < -0.3 is 4.74 Å². The van der Waals surface area contributed by atoms with Crippen LogP contribution in [0.25, 0.3) is 0 Å². The second-order valence-corrected chi connectivity index (χ2v) is 6.99. The lowest BCUT2D eigenvalue weighted by Crippen LogP contribution is -2.34. The van der Waals surface area contributed by atoms with Crippen molar-refractivity contribution in [3.05, 3.63) is 16.1 Å². The number of ether oxygens (including phenoxy) is 1. The van der Waals surface area contributed by atoms with Crippen molar-refractivity contribution in [3.63, 3.8) is 0 Å². The van der Waals surface area contributed by atoms with Gasteiger partial charge in [0.2, 0.25) is 5.88 Å². The average Bonchev–Trinajstić information content (AvgIpc) is 2.18. The highest BCUT2D eigenvalue weighted by Crippen LogP contribution is 2.40. The molecule has 0 radical (unpaired) electrons. The van der Waals surface area contributed by atoms with Crippen LogP contribution in [0.15, 0.2) is 12.5 Å². The van der Waals surface area contributed by atoms with E-state index in [1.54, 1.807) is 12.5 Å². The van der Waals surface area contributed by atoms with Crippen molar-refractivity contribution in [1.82, 2.24) is 9.97 Å². The zero-order valence-corrected chi connectivity index (χ0v) is 12.8. The number of hydrogen-bond donors (Lipinski definition) is 0. The van der Waals surface area contributed by atoms with Crippen molar-refractivity contribution in [2.75, 3.05) is 0 Å². The fourth-order valence-corrected chi connectivity index (χ4v) is 3.32. The third-order valence-electron chi connectivity index (χ3n) is 3.26. The number of hydrogen-bond acceptors (Lipinski definition) is 3. The molecule has 2 atom stereocenters. The van der Waals surface area contributed by atoms with Crippen molar-refractivity contribution >= 4 is 22.6 Å². The molecule has 17 heavy (non-hydrogen) atoms. The molecule has 1 fully saturated rings. The molecular formula is C13H19IN2O. The zero-order valence-electron chi connectivity index (χ0n) is 10.6. The molecule has 1 heterocycles. The molecule has 2 unspecified atom stereocenters. The van der Waals surface area contributed by atoms with Gasteiger partial charge in [0.25, 0.3) is 0 Å². The van der Waals surface area contributed by atoms with Gasteiger partial charge in [0.1, 0.15) is 12.4 Å². The quantitative estimate of drug-likeness (QED) is 0.767. The maximum Gasteiger partial charge on any atom is 0.230 e. The lowest BCUT2D eigenvalue weighted by atomic mass is 9.71. The molecule has 1 aliphatic rings. The fraction of sp³-hybridized carbons (Fsp3) is 0.692. The summed E-state index contributed by atoms with van der Waals surface area (Å²) in [6.45, 7) is 6.95. The van der Waals surface area contributed by atoms with Gasteiger partial charge >= 0.3 is 0 Å². The monoisotopic (exact) mass is 346 g/mol. The highest BCUT2D eigenvalue weighted by Gasteiger charge is 2.33. The van der Waals surface area contributed by atoms with E-state index in [2.05, 4.69) is 53.3 Å². The van der Waals surface area contributed by atoms with E-state index in [1.165, 1.54) is 6.42 Å². The Balaban J connectivity index is 2.06. The lowest BCUT2D eigenvalue weighted by Gasteiger charge is -2.38. The molecule has 0 spiro atoms. The normalized spacial score (nSPS) is 27.8. The largest absolute Gasteiger partial charge is 0.473 e. The van der Waals surface area contributed by atoms with Gasteiger partial charge in [0.05, 0.1) is 3.57 Å². The molecule has 1 aromatic heterocycles. The van der Waals surface area contributed by atoms with Crippen LogP contribution in [-0.2, 0) is 0 Å². The van der Waals surface area contributed by atoms with Crippen LogP contribution in [0.2, 0.25) is 0 Å². The predicted molar refractivity (Wildman–Crippen MR) is 76.0 cm³/mol. The Morgan fingerprint density at radius 3 is 2.82 bits per heavy atom. The SMILES string of the molecule is CC1CC(Oc2ncncc2I)CC(C)(C)C1. The van der Waals surface area contributed by atoms with Crippen molar-refractivity contribution in [2.24, 2.45) is 11.3 Å². The van der Waals surface area contributed by atoms with Gasteiger partial charge in [0, 0.05) is 6.20 Å². The van der Waals surface area contributed by atoms with E-state index < -0.39 is 0 Å².